The zero-order valence-electron chi connectivity index (χ0n) is 15.4. The van der Waals surface area contributed by atoms with Crippen molar-refractivity contribution in [1.29, 1.82) is 0 Å². The van der Waals surface area contributed by atoms with Crippen molar-refractivity contribution in [2.24, 2.45) is 0 Å². The van der Waals surface area contributed by atoms with E-state index in [0.29, 0.717) is 16.7 Å². The third-order valence-electron chi connectivity index (χ3n) is 3.73. The van der Waals surface area contributed by atoms with E-state index < -0.39 is 10.0 Å². The molecular formula is C19H20ClN5O2S. The summed E-state index contributed by atoms with van der Waals surface area (Å²) in [6.07, 6.45) is 0. The van der Waals surface area contributed by atoms with Crippen molar-refractivity contribution < 1.29 is 8.42 Å². The maximum Gasteiger partial charge on any atom is 0.261 e. The summed E-state index contributed by atoms with van der Waals surface area (Å²) >= 11 is 5.81. The molecule has 0 radical (unpaired) electrons. The van der Waals surface area contributed by atoms with E-state index in [0.717, 1.165) is 23.7 Å². The van der Waals surface area contributed by atoms with Crippen LogP contribution in [-0.4, -0.2) is 24.9 Å². The molecule has 0 atom stereocenters. The van der Waals surface area contributed by atoms with E-state index in [9.17, 15) is 8.42 Å². The highest BCUT2D eigenvalue weighted by Crippen LogP contribution is 2.21. The number of nitrogens with one attached hydrogen (secondary N) is 3. The van der Waals surface area contributed by atoms with Gasteiger partial charge in [0.1, 0.15) is 5.82 Å². The molecule has 9 heteroatoms. The number of hydrogen-bond acceptors (Lipinski definition) is 6. The van der Waals surface area contributed by atoms with Gasteiger partial charge in [0.15, 0.2) is 0 Å². The van der Waals surface area contributed by atoms with Gasteiger partial charge in [-0.3, -0.25) is 4.72 Å². The van der Waals surface area contributed by atoms with Crippen molar-refractivity contribution in [2.45, 2.75) is 18.7 Å². The van der Waals surface area contributed by atoms with Crippen LogP contribution < -0.4 is 15.4 Å². The minimum absolute atomic E-state index is 0.142. The van der Waals surface area contributed by atoms with Crippen LogP contribution in [0.4, 0.5) is 23.1 Å². The molecule has 3 rings (SSSR count). The predicted octanol–water partition coefficient (Wildman–Crippen LogP) is 4.41. The molecule has 0 bridgehead atoms. The lowest BCUT2D eigenvalue weighted by Gasteiger charge is -2.11. The fraction of sp³-hybridized carbons (Fsp3) is 0.158. The molecule has 3 N–H and O–H groups in total. The molecule has 0 unspecified atom stereocenters. The fourth-order valence-electron chi connectivity index (χ4n) is 2.47. The third-order valence-corrected chi connectivity index (χ3v) is 5.38. The summed E-state index contributed by atoms with van der Waals surface area (Å²) in [4.78, 5) is 8.89. The first-order valence-electron chi connectivity index (χ1n) is 8.61. The molecule has 28 heavy (non-hydrogen) atoms. The predicted molar refractivity (Wildman–Crippen MR) is 113 cm³/mol. The number of aryl methyl sites for hydroxylation is 1. The van der Waals surface area contributed by atoms with Crippen molar-refractivity contribution in [3.8, 4) is 0 Å². The Kier molecular flexibility index (Phi) is 6.01. The number of rotatable bonds is 7. The van der Waals surface area contributed by atoms with Crippen LogP contribution in [0, 0.1) is 6.92 Å². The van der Waals surface area contributed by atoms with E-state index in [-0.39, 0.29) is 4.90 Å². The number of sulfonamides is 1. The first kappa shape index (κ1) is 19.9. The van der Waals surface area contributed by atoms with Crippen molar-refractivity contribution in [1.82, 2.24) is 9.97 Å². The quantitative estimate of drug-likeness (QED) is 0.526. The van der Waals surface area contributed by atoms with E-state index in [4.69, 9.17) is 11.6 Å². The van der Waals surface area contributed by atoms with Crippen molar-refractivity contribution in [3.05, 3.63) is 65.3 Å². The number of nitrogens with zero attached hydrogens (tertiary/aromatic N) is 2. The highest BCUT2D eigenvalue weighted by atomic mass is 35.5. The Morgan fingerprint density at radius 3 is 2.25 bits per heavy atom. The van der Waals surface area contributed by atoms with Crippen LogP contribution in [0.5, 0.6) is 0 Å². The highest BCUT2D eigenvalue weighted by molar-refractivity contribution is 7.92. The summed E-state index contributed by atoms with van der Waals surface area (Å²) in [7, 11) is -3.68. The van der Waals surface area contributed by atoms with Gasteiger partial charge in [-0.25, -0.2) is 13.4 Å². The molecule has 0 amide bonds. The Bertz CT molecular complexity index is 1050. The minimum atomic E-state index is -3.68. The van der Waals surface area contributed by atoms with Gasteiger partial charge in [-0.1, -0.05) is 11.6 Å². The number of anilines is 4. The van der Waals surface area contributed by atoms with E-state index in [1.54, 1.807) is 24.3 Å². The topological polar surface area (TPSA) is 96.0 Å². The second kappa shape index (κ2) is 8.45. The number of hydrogen-bond donors (Lipinski definition) is 3. The van der Waals surface area contributed by atoms with Gasteiger partial charge in [-0.15, -0.1) is 0 Å². The van der Waals surface area contributed by atoms with Crippen LogP contribution in [0.2, 0.25) is 5.02 Å². The maximum absolute atomic E-state index is 12.4. The molecule has 0 fully saturated rings. The van der Waals surface area contributed by atoms with Gasteiger partial charge in [0.05, 0.1) is 4.90 Å². The Balaban J connectivity index is 1.72. The molecule has 0 aliphatic rings. The third kappa shape index (κ3) is 5.11. The van der Waals surface area contributed by atoms with Gasteiger partial charge in [0.2, 0.25) is 5.95 Å². The van der Waals surface area contributed by atoms with Gasteiger partial charge in [-0.05, 0) is 62.4 Å². The molecule has 0 aliphatic carbocycles. The summed E-state index contributed by atoms with van der Waals surface area (Å²) in [6.45, 7) is 4.65. The minimum Gasteiger partial charge on any atom is -0.370 e. The number of aromatic nitrogens is 2. The summed E-state index contributed by atoms with van der Waals surface area (Å²) in [5.41, 5.74) is 2.02. The van der Waals surface area contributed by atoms with E-state index >= 15 is 0 Å². The molecule has 2 aromatic carbocycles. The highest BCUT2D eigenvalue weighted by Gasteiger charge is 2.14. The van der Waals surface area contributed by atoms with E-state index in [2.05, 4.69) is 25.3 Å². The summed E-state index contributed by atoms with van der Waals surface area (Å²) in [5, 5.41) is 6.75. The molecule has 3 aromatic rings. The molecule has 146 valence electrons. The molecule has 0 saturated carbocycles. The average molecular weight is 418 g/mol. The zero-order chi connectivity index (χ0) is 20.1. The summed E-state index contributed by atoms with van der Waals surface area (Å²) in [6, 6.07) is 14.7. The lowest BCUT2D eigenvalue weighted by molar-refractivity contribution is 0.601. The largest absolute Gasteiger partial charge is 0.370 e. The van der Waals surface area contributed by atoms with Crippen LogP contribution in [0.3, 0.4) is 0 Å². The van der Waals surface area contributed by atoms with Crippen molar-refractivity contribution >= 4 is 44.8 Å². The van der Waals surface area contributed by atoms with Crippen molar-refractivity contribution in [3.63, 3.8) is 0 Å². The van der Waals surface area contributed by atoms with Gasteiger partial charge in [0.25, 0.3) is 10.0 Å². The van der Waals surface area contributed by atoms with Gasteiger partial charge in [0, 0.05) is 34.7 Å². The maximum atomic E-state index is 12.4. The second-order valence-electron chi connectivity index (χ2n) is 6.01. The first-order valence-corrected chi connectivity index (χ1v) is 10.5. The normalized spacial score (nSPS) is 11.1. The molecule has 1 aromatic heterocycles. The van der Waals surface area contributed by atoms with E-state index in [1.165, 1.54) is 24.3 Å². The van der Waals surface area contributed by atoms with Gasteiger partial charge >= 0.3 is 0 Å². The number of halogens is 1. The molecule has 1 heterocycles. The van der Waals surface area contributed by atoms with Crippen LogP contribution in [0.25, 0.3) is 0 Å². The Morgan fingerprint density at radius 1 is 0.964 bits per heavy atom. The standard InChI is InChI=1S/C19H20ClN5O2S/c1-3-21-18-12-13(2)22-19(24-18)23-15-6-8-16(9-7-15)25-28(26,27)17-10-4-14(20)5-11-17/h4-12,25H,3H2,1-2H3,(H2,21,22,23,24). The Morgan fingerprint density at radius 2 is 1.61 bits per heavy atom. The molecule has 0 spiro atoms. The average Bonchev–Trinajstić information content (AvgIpc) is 2.63. The summed E-state index contributed by atoms with van der Waals surface area (Å²) in [5.74, 6) is 1.20. The molecule has 7 nitrogen and oxygen atoms in total. The van der Waals surface area contributed by atoms with Crippen LogP contribution in [0.1, 0.15) is 12.6 Å². The lowest BCUT2D eigenvalue weighted by atomic mass is 10.3. The fourth-order valence-corrected chi connectivity index (χ4v) is 3.66. The van der Waals surface area contributed by atoms with Crippen LogP contribution in [-0.2, 0) is 10.0 Å². The first-order chi connectivity index (χ1) is 13.4. The summed E-state index contributed by atoms with van der Waals surface area (Å²) < 4.78 is 27.4. The monoisotopic (exact) mass is 417 g/mol. The molecule has 0 aliphatic heterocycles. The smallest absolute Gasteiger partial charge is 0.261 e. The molecule has 0 saturated heterocycles. The van der Waals surface area contributed by atoms with E-state index in [1.807, 2.05) is 19.9 Å². The second-order valence-corrected chi connectivity index (χ2v) is 8.13. The molecular weight excluding hydrogens is 398 g/mol. The SMILES string of the molecule is CCNc1cc(C)nc(Nc2ccc(NS(=O)(=O)c3ccc(Cl)cc3)cc2)n1. The number of benzene rings is 2. The van der Waals surface area contributed by atoms with Crippen LogP contribution in [0.15, 0.2) is 59.5 Å². The Hall–Kier alpha value is -2.84. The van der Waals surface area contributed by atoms with Gasteiger partial charge < -0.3 is 10.6 Å². The Labute approximate surface area is 169 Å². The zero-order valence-corrected chi connectivity index (χ0v) is 17.0. The van der Waals surface area contributed by atoms with Crippen LogP contribution >= 0.6 is 11.6 Å². The van der Waals surface area contributed by atoms with Gasteiger partial charge in [-0.2, -0.15) is 4.98 Å². The van der Waals surface area contributed by atoms with Crippen molar-refractivity contribution in [2.75, 3.05) is 21.9 Å². The lowest BCUT2D eigenvalue weighted by Crippen LogP contribution is -2.12.